The first-order valence-electron chi connectivity index (χ1n) is 7.24. The van der Waals surface area contributed by atoms with Crippen LogP contribution in [0.1, 0.15) is 24.3 Å². The smallest absolute Gasteiger partial charge is 0.356 e. The normalized spacial score (nSPS) is 10.9. The van der Waals surface area contributed by atoms with E-state index in [-0.39, 0.29) is 5.69 Å². The first-order valence-corrected chi connectivity index (χ1v) is 8.12. The molecule has 3 aromatic rings. The van der Waals surface area contributed by atoms with E-state index in [1.165, 1.54) is 17.5 Å². The van der Waals surface area contributed by atoms with Crippen LogP contribution in [0.15, 0.2) is 29.8 Å². The van der Waals surface area contributed by atoms with Gasteiger partial charge >= 0.3 is 5.97 Å². The maximum atomic E-state index is 11.1. The van der Waals surface area contributed by atoms with E-state index < -0.39 is 5.97 Å². The van der Waals surface area contributed by atoms with Crippen molar-refractivity contribution in [3.63, 3.8) is 0 Å². The van der Waals surface area contributed by atoms with Gasteiger partial charge in [0.1, 0.15) is 0 Å². The molecule has 0 saturated heterocycles. The molecule has 7 heteroatoms. The topological polar surface area (TPSA) is 73.1 Å². The highest BCUT2D eigenvalue weighted by Gasteiger charge is 2.15. The number of aromatic carboxylic acids is 1. The monoisotopic (exact) mass is 332 g/mol. The van der Waals surface area contributed by atoms with Crippen LogP contribution < -0.4 is 9.47 Å². The SMILES string of the molecule is CCOc1ccc(-c2csc3nc(C(=O)O)cn23)cc1OCC. The molecule has 0 bridgehead atoms. The van der Waals surface area contributed by atoms with E-state index in [9.17, 15) is 4.79 Å². The van der Waals surface area contributed by atoms with E-state index in [0.29, 0.717) is 29.7 Å². The molecule has 0 saturated carbocycles. The quantitative estimate of drug-likeness (QED) is 0.747. The van der Waals surface area contributed by atoms with Crippen LogP contribution in [0.4, 0.5) is 0 Å². The van der Waals surface area contributed by atoms with Gasteiger partial charge in [0.05, 0.1) is 18.9 Å². The first-order chi connectivity index (χ1) is 11.1. The second-order valence-corrected chi connectivity index (χ2v) is 5.57. The molecule has 1 N–H and O–H groups in total. The zero-order chi connectivity index (χ0) is 16.4. The Labute approximate surface area is 136 Å². The summed E-state index contributed by atoms with van der Waals surface area (Å²) in [6.45, 7) is 4.94. The molecule has 3 rings (SSSR count). The molecule has 2 aromatic heterocycles. The summed E-state index contributed by atoms with van der Waals surface area (Å²) in [4.78, 5) is 15.8. The molecule has 0 spiro atoms. The molecule has 0 amide bonds. The van der Waals surface area contributed by atoms with Crippen LogP contribution in [0.25, 0.3) is 16.2 Å². The van der Waals surface area contributed by atoms with Gasteiger partial charge in [-0.15, -0.1) is 11.3 Å². The Balaban J connectivity index is 2.07. The summed E-state index contributed by atoms with van der Waals surface area (Å²) >= 11 is 1.40. The second kappa shape index (κ2) is 6.29. The summed E-state index contributed by atoms with van der Waals surface area (Å²) in [6, 6.07) is 5.69. The fourth-order valence-electron chi connectivity index (χ4n) is 2.30. The van der Waals surface area contributed by atoms with Crippen molar-refractivity contribution in [3.8, 4) is 22.8 Å². The highest BCUT2D eigenvalue weighted by atomic mass is 32.1. The van der Waals surface area contributed by atoms with Gasteiger partial charge in [-0.2, -0.15) is 0 Å². The number of nitrogens with zero attached hydrogens (tertiary/aromatic N) is 2. The molecule has 120 valence electrons. The van der Waals surface area contributed by atoms with E-state index in [0.717, 1.165) is 11.3 Å². The molecular weight excluding hydrogens is 316 g/mol. The Hall–Kier alpha value is -2.54. The molecule has 0 radical (unpaired) electrons. The number of hydrogen-bond donors (Lipinski definition) is 1. The molecule has 0 aliphatic carbocycles. The van der Waals surface area contributed by atoms with Crippen molar-refractivity contribution >= 4 is 22.3 Å². The summed E-state index contributed by atoms with van der Waals surface area (Å²) in [7, 11) is 0. The van der Waals surface area contributed by atoms with E-state index in [1.807, 2.05) is 37.4 Å². The minimum absolute atomic E-state index is 0.0362. The standard InChI is InChI=1S/C16H16N2O4S/c1-3-21-13-6-5-10(7-14(13)22-4-2)12-9-23-16-17-11(15(19)20)8-18(12)16/h5-9H,3-4H2,1-2H3,(H,19,20). The maximum absolute atomic E-state index is 11.1. The van der Waals surface area contributed by atoms with Crippen LogP contribution in [0.2, 0.25) is 0 Å². The summed E-state index contributed by atoms with van der Waals surface area (Å²) < 4.78 is 13.0. The Morgan fingerprint density at radius 3 is 2.70 bits per heavy atom. The molecule has 0 aliphatic heterocycles. The number of carbonyl (C=O) groups is 1. The van der Waals surface area contributed by atoms with Gasteiger partial charge in [-0.25, -0.2) is 9.78 Å². The summed E-state index contributed by atoms with van der Waals surface area (Å²) in [5.74, 6) is 0.333. The lowest BCUT2D eigenvalue weighted by Crippen LogP contribution is -1.99. The Kier molecular flexibility index (Phi) is 4.20. The van der Waals surface area contributed by atoms with Gasteiger partial charge in [0.25, 0.3) is 0 Å². The minimum Gasteiger partial charge on any atom is -0.490 e. The predicted molar refractivity (Wildman–Crippen MR) is 87.8 cm³/mol. The molecule has 0 unspecified atom stereocenters. The Morgan fingerprint density at radius 1 is 1.26 bits per heavy atom. The first kappa shape index (κ1) is 15.4. The molecule has 2 heterocycles. The van der Waals surface area contributed by atoms with Crippen LogP contribution in [-0.2, 0) is 0 Å². The van der Waals surface area contributed by atoms with E-state index in [1.54, 1.807) is 4.40 Å². The highest BCUT2D eigenvalue weighted by Crippen LogP contribution is 2.34. The number of imidazole rings is 1. The second-order valence-electron chi connectivity index (χ2n) is 4.73. The number of aromatic nitrogens is 2. The fourth-order valence-corrected chi connectivity index (χ4v) is 3.19. The van der Waals surface area contributed by atoms with Crippen LogP contribution >= 0.6 is 11.3 Å². The molecule has 0 atom stereocenters. The summed E-state index contributed by atoms with van der Waals surface area (Å²) in [5.41, 5.74) is 1.82. The number of thiazole rings is 1. The van der Waals surface area contributed by atoms with Gasteiger partial charge in [0.2, 0.25) is 0 Å². The average Bonchev–Trinajstić information content (AvgIpc) is 3.10. The molecular formula is C16H16N2O4S. The van der Waals surface area contributed by atoms with Gasteiger partial charge in [-0.3, -0.25) is 4.40 Å². The number of benzene rings is 1. The van der Waals surface area contributed by atoms with E-state index in [2.05, 4.69) is 4.98 Å². The van der Waals surface area contributed by atoms with Crippen molar-refractivity contribution in [2.24, 2.45) is 0 Å². The average molecular weight is 332 g/mol. The van der Waals surface area contributed by atoms with Crippen molar-refractivity contribution in [2.45, 2.75) is 13.8 Å². The number of carboxylic acids is 1. The van der Waals surface area contributed by atoms with Crippen molar-refractivity contribution in [1.82, 2.24) is 9.38 Å². The van der Waals surface area contributed by atoms with Gasteiger partial charge in [0, 0.05) is 17.1 Å². The lowest BCUT2D eigenvalue weighted by Gasteiger charge is -2.12. The lowest BCUT2D eigenvalue weighted by molar-refractivity contribution is 0.0691. The number of carboxylic acid groups (broad SMARTS) is 1. The Morgan fingerprint density at radius 2 is 2.00 bits per heavy atom. The molecule has 23 heavy (non-hydrogen) atoms. The summed E-state index contributed by atoms with van der Waals surface area (Å²) in [5, 5.41) is 11.0. The summed E-state index contributed by atoms with van der Waals surface area (Å²) in [6.07, 6.45) is 1.53. The number of fused-ring (bicyclic) bond motifs is 1. The highest BCUT2D eigenvalue weighted by molar-refractivity contribution is 7.15. The van der Waals surface area contributed by atoms with Crippen LogP contribution in [0, 0.1) is 0 Å². The van der Waals surface area contributed by atoms with Gasteiger partial charge in [0.15, 0.2) is 22.2 Å². The molecule has 0 aliphatic rings. The van der Waals surface area contributed by atoms with Crippen molar-refractivity contribution in [2.75, 3.05) is 13.2 Å². The molecule has 0 fully saturated rings. The van der Waals surface area contributed by atoms with E-state index in [4.69, 9.17) is 14.6 Å². The van der Waals surface area contributed by atoms with Crippen molar-refractivity contribution in [3.05, 3.63) is 35.5 Å². The fraction of sp³-hybridized carbons (Fsp3) is 0.250. The van der Waals surface area contributed by atoms with Gasteiger partial charge in [-0.05, 0) is 32.0 Å². The zero-order valence-electron chi connectivity index (χ0n) is 12.8. The van der Waals surface area contributed by atoms with E-state index >= 15 is 0 Å². The Bertz CT molecular complexity index is 853. The lowest BCUT2D eigenvalue weighted by atomic mass is 10.1. The predicted octanol–water partition coefficient (Wildman–Crippen LogP) is 3.56. The van der Waals surface area contributed by atoms with Crippen LogP contribution in [0.5, 0.6) is 11.5 Å². The third-order valence-corrected chi connectivity index (χ3v) is 4.11. The maximum Gasteiger partial charge on any atom is 0.356 e. The minimum atomic E-state index is -1.03. The number of ether oxygens (including phenoxy) is 2. The number of rotatable bonds is 6. The van der Waals surface area contributed by atoms with Gasteiger partial charge < -0.3 is 14.6 Å². The third kappa shape index (κ3) is 2.87. The van der Waals surface area contributed by atoms with Crippen molar-refractivity contribution in [1.29, 1.82) is 0 Å². The number of hydrogen-bond acceptors (Lipinski definition) is 5. The zero-order valence-corrected chi connectivity index (χ0v) is 13.6. The molecule has 6 nitrogen and oxygen atoms in total. The van der Waals surface area contributed by atoms with Gasteiger partial charge in [-0.1, -0.05) is 0 Å². The largest absolute Gasteiger partial charge is 0.490 e. The van der Waals surface area contributed by atoms with Crippen LogP contribution in [-0.4, -0.2) is 33.7 Å². The molecule has 1 aromatic carbocycles. The van der Waals surface area contributed by atoms with Crippen LogP contribution in [0.3, 0.4) is 0 Å². The van der Waals surface area contributed by atoms with Crippen molar-refractivity contribution < 1.29 is 19.4 Å². The third-order valence-electron chi connectivity index (χ3n) is 3.27.